The van der Waals surface area contributed by atoms with E-state index in [4.69, 9.17) is 11.6 Å². The second-order valence-electron chi connectivity index (χ2n) is 7.85. The zero-order valence-electron chi connectivity index (χ0n) is 15.4. The molecule has 5 rings (SSSR count). The lowest BCUT2D eigenvalue weighted by atomic mass is 10.0. The number of carbonyl (C=O) groups is 1. The van der Waals surface area contributed by atoms with Crippen molar-refractivity contribution in [1.29, 1.82) is 0 Å². The average Bonchev–Trinajstić information content (AvgIpc) is 3.39. The lowest BCUT2D eigenvalue weighted by Gasteiger charge is -2.19. The van der Waals surface area contributed by atoms with Gasteiger partial charge in [-0.25, -0.2) is 9.78 Å². The molecule has 9 heteroatoms. The summed E-state index contributed by atoms with van der Waals surface area (Å²) in [6.07, 6.45) is 6.52. The van der Waals surface area contributed by atoms with Gasteiger partial charge in [0.25, 0.3) is 0 Å². The first-order valence-corrected chi connectivity index (χ1v) is 9.76. The fourth-order valence-electron chi connectivity index (χ4n) is 4.69. The van der Waals surface area contributed by atoms with E-state index < -0.39 is 6.09 Å². The third kappa shape index (κ3) is 2.88. The van der Waals surface area contributed by atoms with Crippen LogP contribution >= 0.6 is 11.6 Å². The van der Waals surface area contributed by atoms with Crippen molar-refractivity contribution in [3.63, 3.8) is 0 Å². The van der Waals surface area contributed by atoms with Crippen LogP contribution in [0.2, 0.25) is 5.02 Å². The summed E-state index contributed by atoms with van der Waals surface area (Å²) < 4.78 is 1.76. The minimum absolute atomic E-state index is 0.283. The van der Waals surface area contributed by atoms with E-state index in [0.29, 0.717) is 29.9 Å². The van der Waals surface area contributed by atoms with E-state index in [1.165, 1.54) is 4.90 Å². The van der Waals surface area contributed by atoms with Gasteiger partial charge in [0.05, 0.1) is 28.8 Å². The predicted molar refractivity (Wildman–Crippen MR) is 107 cm³/mol. The third-order valence-corrected chi connectivity index (χ3v) is 6.28. The average molecular weight is 401 g/mol. The van der Waals surface area contributed by atoms with E-state index >= 15 is 0 Å². The second-order valence-corrected chi connectivity index (χ2v) is 8.26. The molecular weight excluding hydrogens is 380 g/mol. The number of rotatable bonds is 3. The van der Waals surface area contributed by atoms with E-state index in [2.05, 4.69) is 26.4 Å². The number of amides is 1. The Morgan fingerprint density at radius 2 is 2.07 bits per heavy atom. The Balaban J connectivity index is 1.40. The highest BCUT2D eigenvalue weighted by atomic mass is 35.5. The van der Waals surface area contributed by atoms with Crippen molar-refractivity contribution in [2.45, 2.75) is 18.9 Å². The van der Waals surface area contributed by atoms with Gasteiger partial charge in [-0.2, -0.15) is 5.10 Å². The number of anilines is 1. The molecule has 1 amide bonds. The van der Waals surface area contributed by atoms with Gasteiger partial charge in [-0.1, -0.05) is 11.6 Å². The van der Waals surface area contributed by atoms with Crippen molar-refractivity contribution >= 4 is 34.4 Å². The largest absolute Gasteiger partial charge is 0.465 e. The van der Waals surface area contributed by atoms with Crippen LogP contribution in [0.3, 0.4) is 0 Å². The fourth-order valence-corrected chi connectivity index (χ4v) is 4.90. The minimum Gasteiger partial charge on any atom is -0.465 e. The molecule has 0 bridgehead atoms. The van der Waals surface area contributed by atoms with Crippen molar-refractivity contribution in [3.05, 3.63) is 29.7 Å². The molecule has 3 N–H and O–H groups in total. The molecule has 2 unspecified atom stereocenters. The maximum atomic E-state index is 11.2. The quantitative estimate of drug-likeness (QED) is 0.625. The van der Waals surface area contributed by atoms with Crippen LogP contribution in [0.4, 0.5) is 10.5 Å². The zero-order valence-corrected chi connectivity index (χ0v) is 16.1. The molecule has 3 aromatic heterocycles. The van der Waals surface area contributed by atoms with Crippen molar-refractivity contribution in [1.82, 2.24) is 24.6 Å². The molecule has 1 saturated heterocycles. The molecule has 0 radical (unpaired) electrons. The highest BCUT2D eigenvalue weighted by Gasteiger charge is 2.42. The summed E-state index contributed by atoms with van der Waals surface area (Å²) in [7, 11) is 1.89. The van der Waals surface area contributed by atoms with Gasteiger partial charge in [-0.3, -0.25) is 4.68 Å². The molecule has 2 fully saturated rings. The highest BCUT2D eigenvalue weighted by molar-refractivity contribution is 6.34. The number of fused-ring (bicyclic) bond motifs is 2. The molecule has 2 atom stereocenters. The molecule has 8 nitrogen and oxygen atoms in total. The lowest BCUT2D eigenvalue weighted by Crippen LogP contribution is -2.29. The molecule has 28 heavy (non-hydrogen) atoms. The number of pyridine rings is 1. The molecule has 0 aromatic carbocycles. The fraction of sp³-hybridized carbons (Fsp3) is 0.421. The Hall–Kier alpha value is -2.74. The first-order chi connectivity index (χ1) is 13.5. The molecule has 2 aliphatic rings. The smallest absolute Gasteiger partial charge is 0.407 e. The number of carboxylic acid groups (broad SMARTS) is 1. The van der Waals surface area contributed by atoms with Crippen molar-refractivity contribution in [2.24, 2.45) is 18.9 Å². The van der Waals surface area contributed by atoms with Crippen molar-refractivity contribution in [3.8, 4) is 11.3 Å². The molecule has 1 saturated carbocycles. The summed E-state index contributed by atoms with van der Waals surface area (Å²) in [5, 5.41) is 18.6. The van der Waals surface area contributed by atoms with Crippen LogP contribution in [0.25, 0.3) is 22.3 Å². The number of aromatic amines is 1. The maximum absolute atomic E-state index is 11.2. The van der Waals surface area contributed by atoms with Crippen LogP contribution in [-0.4, -0.2) is 55.0 Å². The van der Waals surface area contributed by atoms with E-state index in [0.717, 1.165) is 40.8 Å². The van der Waals surface area contributed by atoms with Gasteiger partial charge in [-0.05, 0) is 30.7 Å². The van der Waals surface area contributed by atoms with Crippen LogP contribution in [0.1, 0.15) is 12.8 Å². The van der Waals surface area contributed by atoms with Crippen LogP contribution in [0.15, 0.2) is 24.7 Å². The van der Waals surface area contributed by atoms with Crippen molar-refractivity contribution in [2.75, 3.05) is 18.4 Å². The number of halogens is 1. The lowest BCUT2D eigenvalue weighted by molar-refractivity contribution is 0.152. The third-order valence-electron chi connectivity index (χ3n) is 6.00. The molecule has 146 valence electrons. The van der Waals surface area contributed by atoms with Crippen LogP contribution in [-0.2, 0) is 7.05 Å². The Morgan fingerprint density at radius 3 is 2.71 bits per heavy atom. The maximum Gasteiger partial charge on any atom is 0.407 e. The van der Waals surface area contributed by atoms with E-state index in [1.54, 1.807) is 10.9 Å². The van der Waals surface area contributed by atoms with E-state index in [-0.39, 0.29) is 6.04 Å². The Labute approximate surface area is 166 Å². The Kier molecular flexibility index (Phi) is 3.97. The Bertz CT molecular complexity index is 1050. The number of nitrogens with one attached hydrogen (secondary N) is 2. The molecular formula is C19H21ClN6O2. The summed E-state index contributed by atoms with van der Waals surface area (Å²) in [6, 6.07) is 2.33. The summed E-state index contributed by atoms with van der Waals surface area (Å²) in [5.74, 6) is 0.837. The predicted octanol–water partition coefficient (Wildman–Crippen LogP) is 3.42. The van der Waals surface area contributed by atoms with Gasteiger partial charge in [-0.15, -0.1) is 0 Å². The van der Waals surface area contributed by atoms with E-state index in [1.807, 2.05) is 19.4 Å². The Morgan fingerprint density at radius 1 is 1.32 bits per heavy atom. The number of hydrogen-bond acceptors (Lipinski definition) is 4. The summed E-state index contributed by atoms with van der Waals surface area (Å²) >= 11 is 6.49. The van der Waals surface area contributed by atoms with Gasteiger partial charge in [0.15, 0.2) is 0 Å². The number of nitrogens with zero attached hydrogens (tertiary/aromatic N) is 4. The van der Waals surface area contributed by atoms with Crippen LogP contribution < -0.4 is 5.32 Å². The van der Waals surface area contributed by atoms with Crippen LogP contribution in [0.5, 0.6) is 0 Å². The summed E-state index contributed by atoms with van der Waals surface area (Å²) in [6.45, 7) is 1.26. The molecule has 3 aromatic rings. The van der Waals surface area contributed by atoms with E-state index in [9.17, 15) is 9.90 Å². The topological polar surface area (TPSA) is 99.1 Å². The number of aryl methyl sites for hydroxylation is 1. The first kappa shape index (κ1) is 17.4. The zero-order chi connectivity index (χ0) is 19.4. The van der Waals surface area contributed by atoms with Gasteiger partial charge < -0.3 is 20.3 Å². The first-order valence-electron chi connectivity index (χ1n) is 9.38. The van der Waals surface area contributed by atoms with Gasteiger partial charge in [0.2, 0.25) is 0 Å². The number of aromatic nitrogens is 4. The second kappa shape index (κ2) is 6.41. The standard InChI is InChI=1S/C19H21ClN6O2/c1-25-7-12(5-22-25)16-4-14-17(15(20)6-21-18(14)24-16)23-13-2-10-8-26(19(27)28)9-11(10)3-13/h4-7,10-11,13H,2-3,8-9H2,1H3,(H,27,28)(H2,21,23,24). The normalized spacial score (nSPS) is 24.1. The SMILES string of the molecule is Cn1cc(-c2cc3c(NC4CC5CN(C(=O)O)CC5C4)c(Cl)cnc3[nH]2)cn1. The monoisotopic (exact) mass is 400 g/mol. The molecule has 1 aliphatic heterocycles. The highest BCUT2D eigenvalue weighted by Crippen LogP contribution is 2.41. The number of likely N-dealkylation sites (tertiary alicyclic amines) is 1. The minimum atomic E-state index is -0.812. The van der Waals surface area contributed by atoms with Gasteiger partial charge >= 0.3 is 6.09 Å². The van der Waals surface area contributed by atoms with Crippen LogP contribution in [0, 0.1) is 11.8 Å². The molecule has 4 heterocycles. The van der Waals surface area contributed by atoms with Gasteiger partial charge in [0, 0.05) is 43.3 Å². The van der Waals surface area contributed by atoms with Crippen molar-refractivity contribution < 1.29 is 9.90 Å². The molecule has 0 spiro atoms. The van der Waals surface area contributed by atoms with Gasteiger partial charge in [0.1, 0.15) is 5.65 Å². The molecule has 1 aliphatic carbocycles. The summed E-state index contributed by atoms with van der Waals surface area (Å²) in [5.41, 5.74) is 3.60. The number of H-pyrrole nitrogens is 1. The summed E-state index contributed by atoms with van der Waals surface area (Å²) in [4.78, 5) is 20.5. The number of hydrogen-bond donors (Lipinski definition) is 3.